The van der Waals surface area contributed by atoms with Gasteiger partial charge in [-0.25, -0.2) is 0 Å². The van der Waals surface area contributed by atoms with Crippen molar-refractivity contribution in [1.29, 1.82) is 0 Å². The summed E-state index contributed by atoms with van der Waals surface area (Å²) < 4.78 is 1.85. The Morgan fingerprint density at radius 3 is 2.67 bits per heavy atom. The zero-order valence-corrected chi connectivity index (χ0v) is 13.4. The predicted octanol–water partition coefficient (Wildman–Crippen LogP) is 1.64. The van der Waals surface area contributed by atoms with Gasteiger partial charge in [0.2, 0.25) is 5.91 Å². The van der Waals surface area contributed by atoms with Crippen molar-refractivity contribution in [3.05, 3.63) is 17.0 Å². The Morgan fingerprint density at radius 1 is 1.43 bits per heavy atom. The van der Waals surface area contributed by atoms with Gasteiger partial charge in [-0.05, 0) is 44.6 Å². The zero-order valence-electron chi connectivity index (χ0n) is 13.4. The molecule has 1 heterocycles. The standard InChI is InChI=1S/C16H27N3O2/c1-11-14(12(2)19(3)18-11)8-9-16(21)17-10-15(20)13-6-4-5-7-13/h13,15,20H,4-10H2,1-3H3,(H,17,21). The fraction of sp³-hybridized carbons (Fsp3) is 0.750. The SMILES string of the molecule is Cc1nn(C)c(C)c1CCC(=O)NCC(O)C1CCCC1. The lowest BCUT2D eigenvalue weighted by Gasteiger charge is -2.18. The van der Waals surface area contributed by atoms with Crippen LogP contribution in [0.3, 0.4) is 0 Å². The third-order valence-corrected chi connectivity index (χ3v) is 4.71. The molecule has 0 saturated heterocycles. The molecule has 0 aromatic carbocycles. The second kappa shape index (κ2) is 7.07. The summed E-state index contributed by atoms with van der Waals surface area (Å²) in [6.45, 7) is 4.38. The maximum Gasteiger partial charge on any atom is 0.220 e. The van der Waals surface area contributed by atoms with E-state index in [4.69, 9.17) is 0 Å². The second-order valence-electron chi connectivity index (χ2n) is 6.19. The van der Waals surface area contributed by atoms with Crippen LogP contribution in [0.1, 0.15) is 49.1 Å². The molecule has 0 bridgehead atoms. The number of aryl methyl sites for hydroxylation is 2. The Morgan fingerprint density at radius 2 is 2.10 bits per heavy atom. The largest absolute Gasteiger partial charge is 0.391 e. The van der Waals surface area contributed by atoms with Gasteiger partial charge in [-0.2, -0.15) is 5.10 Å². The number of aliphatic hydroxyl groups excluding tert-OH is 1. The van der Waals surface area contributed by atoms with Gasteiger partial charge < -0.3 is 10.4 Å². The van der Waals surface area contributed by atoms with Gasteiger partial charge >= 0.3 is 0 Å². The van der Waals surface area contributed by atoms with Crippen LogP contribution in [0.25, 0.3) is 0 Å². The monoisotopic (exact) mass is 293 g/mol. The van der Waals surface area contributed by atoms with Gasteiger partial charge in [0.25, 0.3) is 0 Å². The van der Waals surface area contributed by atoms with Gasteiger partial charge in [-0.3, -0.25) is 9.48 Å². The fourth-order valence-electron chi connectivity index (χ4n) is 3.23. The Bertz CT molecular complexity index is 490. The summed E-state index contributed by atoms with van der Waals surface area (Å²) in [5.41, 5.74) is 3.27. The summed E-state index contributed by atoms with van der Waals surface area (Å²) in [6.07, 6.45) is 5.35. The Labute approximate surface area is 126 Å². The predicted molar refractivity (Wildman–Crippen MR) is 82.0 cm³/mol. The molecular weight excluding hydrogens is 266 g/mol. The Hall–Kier alpha value is -1.36. The molecule has 21 heavy (non-hydrogen) atoms. The summed E-state index contributed by atoms with van der Waals surface area (Å²) in [7, 11) is 1.92. The molecule has 2 rings (SSSR count). The van der Waals surface area contributed by atoms with E-state index in [9.17, 15) is 9.90 Å². The van der Waals surface area contributed by atoms with E-state index in [0.29, 0.717) is 25.3 Å². The van der Waals surface area contributed by atoms with E-state index >= 15 is 0 Å². The molecule has 2 N–H and O–H groups in total. The minimum absolute atomic E-state index is 0.00898. The highest BCUT2D eigenvalue weighted by molar-refractivity contribution is 5.76. The van der Waals surface area contributed by atoms with E-state index in [1.807, 2.05) is 25.6 Å². The molecule has 5 heteroatoms. The normalized spacial score (nSPS) is 17.1. The van der Waals surface area contributed by atoms with Crippen molar-refractivity contribution in [3.63, 3.8) is 0 Å². The number of nitrogens with one attached hydrogen (secondary N) is 1. The average molecular weight is 293 g/mol. The van der Waals surface area contributed by atoms with Gasteiger partial charge in [0, 0.05) is 25.7 Å². The molecule has 5 nitrogen and oxygen atoms in total. The van der Waals surface area contributed by atoms with E-state index in [1.54, 1.807) is 0 Å². The number of aliphatic hydroxyl groups is 1. The first-order chi connectivity index (χ1) is 9.99. The van der Waals surface area contributed by atoms with Gasteiger partial charge in [0.05, 0.1) is 11.8 Å². The summed E-state index contributed by atoms with van der Waals surface area (Å²) in [6, 6.07) is 0. The molecule has 1 aliphatic carbocycles. The fourth-order valence-corrected chi connectivity index (χ4v) is 3.23. The Balaban J connectivity index is 1.74. The van der Waals surface area contributed by atoms with Crippen LogP contribution in [0.4, 0.5) is 0 Å². The number of hydrogen-bond acceptors (Lipinski definition) is 3. The van der Waals surface area contributed by atoms with Gasteiger partial charge in [0.1, 0.15) is 0 Å². The number of nitrogens with zero attached hydrogens (tertiary/aromatic N) is 2. The average Bonchev–Trinajstić information content (AvgIpc) is 3.05. The van der Waals surface area contributed by atoms with Crippen molar-refractivity contribution < 1.29 is 9.90 Å². The number of amides is 1. The maximum absolute atomic E-state index is 11.9. The molecule has 0 spiro atoms. The van der Waals surface area contributed by atoms with Crippen LogP contribution in [-0.2, 0) is 18.3 Å². The number of aromatic nitrogens is 2. The molecule has 1 fully saturated rings. The third-order valence-electron chi connectivity index (χ3n) is 4.71. The highest BCUT2D eigenvalue weighted by Crippen LogP contribution is 2.27. The lowest BCUT2D eigenvalue weighted by Crippen LogP contribution is -2.35. The summed E-state index contributed by atoms with van der Waals surface area (Å²) in [5, 5.41) is 17.3. The first-order valence-electron chi connectivity index (χ1n) is 7.93. The van der Waals surface area contributed by atoms with E-state index in [1.165, 1.54) is 12.8 Å². The van der Waals surface area contributed by atoms with Gasteiger partial charge in [0.15, 0.2) is 0 Å². The number of carbonyl (C=O) groups excluding carboxylic acids is 1. The number of rotatable bonds is 6. The summed E-state index contributed by atoms with van der Waals surface area (Å²) >= 11 is 0. The van der Waals surface area contributed by atoms with Crippen molar-refractivity contribution in [2.45, 2.75) is 58.5 Å². The van der Waals surface area contributed by atoms with E-state index in [-0.39, 0.29) is 5.91 Å². The number of hydrogen-bond donors (Lipinski definition) is 2. The minimum Gasteiger partial charge on any atom is -0.391 e. The topological polar surface area (TPSA) is 67.2 Å². The summed E-state index contributed by atoms with van der Waals surface area (Å²) in [4.78, 5) is 11.9. The van der Waals surface area contributed by atoms with Crippen LogP contribution in [0.5, 0.6) is 0 Å². The molecule has 0 radical (unpaired) electrons. The third kappa shape index (κ3) is 4.06. The van der Waals surface area contributed by atoms with Crippen molar-refractivity contribution in [2.24, 2.45) is 13.0 Å². The highest BCUT2D eigenvalue weighted by atomic mass is 16.3. The van der Waals surface area contributed by atoms with Crippen molar-refractivity contribution >= 4 is 5.91 Å². The van der Waals surface area contributed by atoms with E-state index < -0.39 is 6.10 Å². The van der Waals surface area contributed by atoms with Crippen LogP contribution in [0, 0.1) is 19.8 Å². The quantitative estimate of drug-likeness (QED) is 0.838. The minimum atomic E-state index is -0.390. The first kappa shape index (κ1) is 16.0. The van der Waals surface area contributed by atoms with Crippen LogP contribution >= 0.6 is 0 Å². The highest BCUT2D eigenvalue weighted by Gasteiger charge is 2.23. The first-order valence-corrected chi connectivity index (χ1v) is 7.93. The van der Waals surface area contributed by atoms with Crippen LogP contribution in [0.2, 0.25) is 0 Å². The lowest BCUT2D eigenvalue weighted by molar-refractivity contribution is -0.121. The molecule has 1 aromatic rings. The Kier molecular flexibility index (Phi) is 5.39. The van der Waals surface area contributed by atoms with Crippen LogP contribution in [-0.4, -0.2) is 33.4 Å². The number of carbonyl (C=O) groups is 1. The molecule has 1 unspecified atom stereocenters. The van der Waals surface area contributed by atoms with Gasteiger partial charge in [-0.1, -0.05) is 12.8 Å². The lowest BCUT2D eigenvalue weighted by atomic mass is 10.0. The molecule has 1 aromatic heterocycles. The summed E-state index contributed by atoms with van der Waals surface area (Å²) in [5.74, 6) is 0.378. The smallest absolute Gasteiger partial charge is 0.220 e. The maximum atomic E-state index is 11.9. The zero-order chi connectivity index (χ0) is 15.4. The van der Waals surface area contributed by atoms with Gasteiger partial charge in [-0.15, -0.1) is 0 Å². The molecule has 1 saturated carbocycles. The van der Waals surface area contributed by atoms with Crippen LogP contribution in [0.15, 0.2) is 0 Å². The molecular formula is C16H27N3O2. The second-order valence-corrected chi connectivity index (χ2v) is 6.19. The van der Waals surface area contributed by atoms with E-state index in [0.717, 1.165) is 29.8 Å². The molecule has 1 amide bonds. The van der Waals surface area contributed by atoms with Crippen molar-refractivity contribution in [1.82, 2.24) is 15.1 Å². The molecule has 1 aliphatic rings. The molecule has 1 atom stereocenters. The molecule has 118 valence electrons. The molecule has 0 aliphatic heterocycles. The van der Waals surface area contributed by atoms with Crippen molar-refractivity contribution in [3.8, 4) is 0 Å². The van der Waals surface area contributed by atoms with E-state index in [2.05, 4.69) is 10.4 Å². The van der Waals surface area contributed by atoms with Crippen LogP contribution < -0.4 is 5.32 Å². The van der Waals surface area contributed by atoms with Crippen molar-refractivity contribution in [2.75, 3.05) is 6.54 Å².